The van der Waals surface area contributed by atoms with E-state index in [2.05, 4.69) is 10.1 Å². The molecule has 0 saturated heterocycles. The van der Waals surface area contributed by atoms with E-state index in [1.54, 1.807) is 4.52 Å². The van der Waals surface area contributed by atoms with Crippen LogP contribution in [0.2, 0.25) is 0 Å². The van der Waals surface area contributed by atoms with E-state index in [-0.39, 0.29) is 0 Å². The predicted molar refractivity (Wildman–Crippen MR) is 45.3 cm³/mol. The molecule has 0 bridgehead atoms. The number of hydrogen-bond acceptors (Lipinski definition) is 4. The maximum absolute atomic E-state index is 5.61. The summed E-state index contributed by atoms with van der Waals surface area (Å²) in [5.41, 5.74) is 12.9. The smallest absolute Gasteiger partial charge is 0.151 e. The van der Waals surface area contributed by atoms with Gasteiger partial charge in [-0.3, -0.25) is 0 Å². The third kappa shape index (κ3) is 0.911. The van der Waals surface area contributed by atoms with Crippen LogP contribution in [0.4, 0.5) is 5.82 Å². The maximum atomic E-state index is 5.61. The van der Waals surface area contributed by atoms with Gasteiger partial charge < -0.3 is 11.5 Å². The van der Waals surface area contributed by atoms with Crippen LogP contribution in [-0.2, 0) is 6.54 Å². The second-order valence-electron chi connectivity index (χ2n) is 2.53. The molecule has 12 heavy (non-hydrogen) atoms. The zero-order chi connectivity index (χ0) is 8.55. The highest BCUT2D eigenvalue weighted by molar-refractivity contribution is 5.65. The topological polar surface area (TPSA) is 82.2 Å². The average Bonchev–Trinajstić information content (AvgIpc) is 2.49. The zero-order valence-electron chi connectivity index (χ0n) is 6.44. The molecule has 2 aromatic heterocycles. The van der Waals surface area contributed by atoms with Crippen LogP contribution in [0.3, 0.4) is 0 Å². The Balaban J connectivity index is 2.74. The molecule has 5 heteroatoms. The molecule has 0 atom stereocenters. The van der Waals surface area contributed by atoms with Gasteiger partial charge in [0.05, 0.1) is 0 Å². The number of fused-ring (bicyclic) bond motifs is 1. The molecule has 4 N–H and O–H groups in total. The van der Waals surface area contributed by atoms with Gasteiger partial charge in [0.1, 0.15) is 11.8 Å². The van der Waals surface area contributed by atoms with Crippen molar-refractivity contribution in [3.63, 3.8) is 0 Å². The van der Waals surface area contributed by atoms with E-state index >= 15 is 0 Å². The van der Waals surface area contributed by atoms with Gasteiger partial charge in [-0.1, -0.05) is 0 Å². The molecule has 0 spiro atoms. The number of nitrogens with zero attached hydrogens (tertiary/aromatic N) is 3. The van der Waals surface area contributed by atoms with Crippen LogP contribution in [0.15, 0.2) is 18.6 Å². The quantitative estimate of drug-likeness (QED) is 0.608. The van der Waals surface area contributed by atoms with Crippen molar-refractivity contribution in [2.24, 2.45) is 5.73 Å². The standard InChI is InChI=1S/C7H9N5/c8-2-5-1-6-7(9)10-4-11-12(6)3-5/h1,3-4H,2,8H2,(H2,9,10,11). The van der Waals surface area contributed by atoms with E-state index in [0.717, 1.165) is 11.1 Å². The van der Waals surface area contributed by atoms with Crippen molar-refractivity contribution in [1.29, 1.82) is 0 Å². The van der Waals surface area contributed by atoms with Gasteiger partial charge in [-0.2, -0.15) is 5.10 Å². The number of nitrogens with two attached hydrogens (primary N) is 2. The summed E-state index contributed by atoms with van der Waals surface area (Å²) < 4.78 is 1.67. The van der Waals surface area contributed by atoms with E-state index < -0.39 is 0 Å². The Kier molecular flexibility index (Phi) is 1.44. The first-order valence-electron chi connectivity index (χ1n) is 3.59. The van der Waals surface area contributed by atoms with Crippen LogP contribution in [0.5, 0.6) is 0 Å². The third-order valence-corrected chi connectivity index (χ3v) is 1.73. The fourth-order valence-electron chi connectivity index (χ4n) is 1.11. The largest absolute Gasteiger partial charge is 0.382 e. The van der Waals surface area contributed by atoms with E-state index in [1.165, 1.54) is 6.33 Å². The second kappa shape index (κ2) is 2.46. The van der Waals surface area contributed by atoms with E-state index in [1.807, 2.05) is 12.3 Å². The zero-order valence-corrected chi connectivity index (χ0v) is 6.44. The van der Waals surface area contributed by atoms with E-state index in [4.69, 9.17) is 11.5 Å². The predicted octanol–water partition coefficient (Wildman–Crippen LogP) is -0.230. The van der Waals surface area contributed by atoms with Crippen LogP contribution in [0.25, 0.3) is 5.52 Å². The summed E-state index contributed by atoms with van der Waals surface area (Å²) in [5.74, 6) is 0.477. The van der Waals surface area contributed by atoms with Gasteiger partial charge in [0, 0.05) is 12.7 Å². The van der Waals surface area contributed by atoms with Crippen molar-refractivity contribution in [1.82, 2.24) is 14.6 Å². The molecule has 2 aromatic rings. The van der Waals surface area contributed by atoms with Crippen molar-refractivity contribution in [3.05, 3.63) is 24.2 Å². The first-order chi connectivity index (χ1) is 5.81. The van der Waals surface area contributed by atoms with Gasteiger partial charge in [0.15, 0.2) is 5.82 Å². The van der Waals surface area contributed by atoms with Crippen LogP contribution in [0.1, 0.15) is 5.56 Å². The minimum atomic E-state index is 0.477. The lowest BCUT2D eigenvalue weighted by Gasteiger charge is -1.93. The monoisotopic (exact) mass is 163 g/mol. The normalized spacial score (nSPS) is 10.8. The summed E-state index contributed by atoms with van der Waals surface area (Å²) in [5, 5.41) is 3.98. The number of nitrogen functional groups attached to an aromatic ring is 1. The summed E-state index contributed by atoms with van der Waals surface area (Å²) >= 11 is 0. The molecule has 0 aliphatic heterocycles. The molecular formula is C7H9N5. The highest BCUT2D eigenvalue weighted by atomic mass is 15.2. The fourth-order valence-corrected chi connectivity index (χ4v) is 1.11. The first kappa shape index (κ1) is 7.05. The lowest BCUT2D eigenvalue weighted by atomic mass is 10.3. The molecule has 0 aromatic carbocycles. The Bertz CT molecular complexity index is 405. The molecule has 2 rings (SSSR count). The number of aromatic nitrogens is 3. The Morgan fingerprint density at radius 1 is 1.50 bits per heavy atom. The van der Waals surface area contributed by atoms with Crippen molar-refractivity contribution in [3.8, 4) is 0 Å². The summed E-state index contributed by atoms with van der Waals surface area (Å²) in [6.07, 6.45) is 3.26. The minimum absolute atomic E-state index is 0.477. The minimum Gasteiger partial charge on any atom is -0.382 e. The summed E-state index contributed by atoms with van der Waals surface area (Å²) in [6, 6.07) is 1.88. The second-order valence-corrected chi connectivity index (χ2v) is 2.53. The van der Waals surface area contributed by atoms with Crippen LogP contribution in [0, 0.1) is 0 Å². The molecule has 0 unspecified atom stereocenters. The average molecular weight is 163 g/mol. The maximum Gasteiger partial charge on any atom is 0.151 e. The van der Waals surface area contributed by atoms with Crippen LogP contribution in [-0.4, -0.2) is 14.6 Å². The van der Waals surface area contributed by atoms with E-state index in [9.17, 15) is 0 Å². The Labute approximate surface area is 69.0 Å². The highest BCUT2D eigenvalue weighted by Gasteiger charge is 2.01. The van der Waals surface area contributed by atoms with Gasteiger partial charge in [-0.05, 0) is 11.6 Å². The van der Waals surface area contributed by atoms with Crippen LogP contribution >= 0.6 is 0 Å². The fraction of sp³-hybridized carbons (Fsp3) is 0.143. The lowest BCUT2D eigenvalue weighted by Crippen LogP contribution is -1.97. The molecule has 62 valence electrons. The van der Waals surface area contributed by atoms with E-state index in [0.29, 0.717) is 12.4 Å². The van der Waals surface area contributed by atoms with Gasteiger partial charge in [0.2, 0.25) is 0 Å². The van der Waals surface area contributed by atoms with Gasteiger partial charge in [-0.25, -0.2) is 9.50 Å². The Morgan fingerprint density at radius 3 is 3.00 bits per heavy atom. The molecular weight excluding hydrogens is 154 g/mol. The highest BCUT2D eigenvalue weighted by Crippen LogP contribution is 2.11. The number of anilines is 1. The molecule has 0 aliphatic carbocycles. The molecule has 2 heterocycles. The first-order valence-corrected chi connectivity index (χ1v) is 3.59. The molecule has 0 fully saturated rings. The number of hydrogen-bond donors (Lipinski definition) is 2. The molecule has 0 amide bonds. The Morgan fingerprint density at radius 2 is 2.33 bits per heavy atom. The molecule has 0 aliphatic rings. The van der Waals surface area contributed by atoms with Crippen molar-refractivity contribution >= 4 is 11.3 Å². The summed E-state index contributed by atoms with van der Waals surface area (Å²) in [4.78, 5) is 3.86. The van der Waals surface area contributed by atoms with Crippen molar-refractivity contribution in [2.75, 3.05) is 5.73 Å². The summed E-state index contributed by atoms with van der Waals surface area (Å²) in [7, 11) is 0. The number of rotatable bonds is 1. The van der Waals surface area contributed by atoms with Crippen LogP contribution < -0.4 is 11.5 Å². The Hall–Kier alpha value is -1.62. The molecule has 0 radical (unpaired) electrons. The van der Waals surface area contributed by atoms with Gasteiger partial charge in [-0.15, -0.1) is 0 Å². The van der Waals surface area contributed by atoms with Crippen molar-refractivity contribution < 1.29 is 0 Å². The lowest BCUT2D eigenvalue weighted by molar-refractivity contribution is 0.899. The third-order valence-electron chi connectivity index (χ3n) is 1.73. The summed E-state index contributed by atoms with van der Waals surface area (Å²) in [6.45, 7) is 0.489. The molecule has 0 saturated carbocycles. The van der Waals surface area contributed by atoms with Gasteiger partial charge >= 0.3 is 0 Å². The van der Waals surface area contributed by atoms with Gasteiger partial charge in [0.25, 0.3) is 0 Å². The SMILES string of the molecule is NCc1cc2c(N)ncnn2c1. The van der Waals surface area contributed by atoms with Crippen molar-refractivity contribution in [2.45, 2.75) is 6.54 Å². The molecule has 5 nitrogen and oxygen atoms in total.